The maximum atomic E-state index is 13.3. The summed E-state index contributed by atoms with van der Waals surface area (Å²) < 4.78 is 13.3. The van der Waals surface area contributed by atoms with E-state index >= 15 is 0 Å². The van der Waals surface area contributed by atoms with E-state index in [1.165, 1.54) is 12.1 Å². The maximum Gasteiger partial charge on any atom is 0.251 e. The minimum absolute atomic E-state index is 0.145. The molecule has 3 nitrogen and oxygen atoms in total. The summed E-state index contributed by atoms with van der Waals surface area (Å²) in [7, 11) is 0. The fraction of sp³-hybridized carbons (Fsp3) is 0.0870. The summed E-state index contributed by atoms with van der Waals surface area (Å²) in [4.78, 5) is 15.6. The van der Waals surface area contributed by atoms with Crippen molar-refractivity contribution in [2.75, 3.05) is 0 Å². The van der Waals surface area contributed by atoms with E-state index in [0.29, 0.717) is 23.6 Å². The van der Waals surface area contributed by atoms with E-state index in [1.807, 2.05) is 42.6 Å². The van der Waals surface area contributed by atoms with Gasteiger partial charge in [0.2, 0.25) is 0 Å². The molecule has 0 spiro atoms. The number of halogens is 2. The lowest BCUT2D eigenvalue weighted by Crippen LogP contribution is -2.22. The SMILES string of the molecule is O=C(NCc1c[nH]c2ccc(Cl)cc12)c1ccc(Cc2cccc(F)c2)cc1. The van der Waals surface area contributed by atoms with Gasteiger partial charge in [-0.1, -0.05) is 35.9 Å². The van der Waals surface area contributed by atoms with Crippen LogP contribution in [0.3, 0.4) is 0 Å². The van der Waals surface area contributed by atoms with E-state index in [0.717, 1.165) is 27.6 Å². The Hall–Kier alpha value is -3.11. The molecule has 0 fully saturated rings. The number of rotatable bonds is 5. The van der Waals surface area contributed by atoms with Gasteiger partial charge in [-0.3, -0.25) is 4.79 Å². The Bertz CT molecular complexity index is 1140. The molecule has 1 heterocycles. The standard InChI is InChI=1S/C23H18ClFN2O/c24-19-8-9-22-21(12-19)18(13-26-22)14-27-23(28)17-6-4-15(5-7-17)10-16-2-1-3-20(25)11-16/h1-9,11-13,26H,10,14H2,(H,27,28). The van der Waals surface area contributed by atoms with Gasteiger partial charge in [0.25, 0.3) is 5.91 Å². The van der Waals surface area contributed by atoms with Gasteiger partial charge in [-0.15, -0.1) is 0 Å². The van der Waals surface area contributed by atoms with Gasteiger partial charge in [0, 0.05) is 34.2 Å². The molecule has 0 bridgehead atoms. The first-order chi connectivity index (χ1) is 13.6. The minimum atomic E-state index is -0.243. The molecule has 1 aromatic heterocycles. The average molecular weight is 393 g/mol. The zero-order valence-electron chi connectivity index (χ0n) is 15.0. The van der Waals surface area contributed by atoms with Crippen molar-refractivity contribution in [3.63, 3.8) is 0 Å². The van der Waals surface area contributed by atoms with Crippen molar-refractivity contribution in [3.8, 4) is 0 Å². The number of nitrogens with one attached hydrogen (secondary N) is 2. The highest BCUT2D eigenvalue weighted by atomic mass is 35.5. The second kappa shape index (κ2) is 7.87. The number of H-pyrrole nitrogens is 1. The monoisotopic (exact) mass is 392 g/mol. The zero-order chi connectivity index (χ0) is 19.5. The first-order valence-corrected chi connectivity index (χ1v) is 9.33. The number of hydrogen-bond acceptors (Lipinski definition) is 1. The molecule has 140 valence electrons. The first kappa shape index (κ1) is 18.3. The summed E-state index contributed by atoms with van der Waals surface area (Å²) in [5.74, 6) is -0.388. The van der Waals surface area contributed by atoms with Crippen molar-refractivity contribution >= 4 is 28.4 Å². The van der Waals surface area contributed by atoms with Gasteiger partial charge in [0.15, 0.2) is 0 Å². The van der Waals surface area contributed by atoms with Gasteiger partial charge in [0.1, 0.15) is 5.82 Å². The van der Waals surface area contributed by atoms with Crippen LogP contribution in [0, 0.1) is 5.82 Å². The zero-order valence-corrected chi connectivity index (χ0v) is 15.8. The quantitative estimate of drug-likeness (QED) is 0.464. The molecule has 3 aromatic carbocycles. The molecule has 0 atom stereocenters. The number of benzene rings is 3. The molecule has 1 amide bonds. The van der Waals surface area contributed by atoms with Crippen molar-refractivity contribution in [2.24, 2.45) is 0 Å². The van der Waals surface area contributed by atoms with E-state index in [1.54, 1.807) is 18.2 Å². The van der Waals surface area contributed by atoms with Gasteiger partial charge in [-0.05, 0) is 65.6 Å². The predicted octanol–water partition coefficient (Wildman–Crippen LogP) is 5.48. The van der Waals surface area contributed by atoms with E-state index in [9.17, 15) is 9.18 Å². The molecule has 28 heavy (non-hydrogen) atoms. The lowest BCUT2D eigenvalue weighted by atomic mass is 10.0. The van der Waals surface area contributed by atoms with Crippen molar-refractivity contribution < 1.29 is 9.18 Å². The highest BCUT2D eigenvalue weighted by molar-refractivity contribution is 6.31. The molecule has 5 heteroatoms. The number of aromatic nitrogens is 1. The molecule has 0 aliphatic rings. The summed E-state index contributed by atoms with van der Waals surface area (Å²) in [6.45, 7) is 0.407. The summed E-state index contributed by atoms with van der Waals surface area (Å²) >= 11 is 6.07. The summed E-state index contributed by atoms with van der Waals surface area (Å²) in [5, 5.41) is 4.60. The van der Waals surface area contributed by atoms with Crippen LogP contribution in [0.25, 0.3) is 10.9 Å². The Morgan fingerprint density at radius 2 is 1.82 bits per heavy atom. The Kier molecular flexibility index (Phi) is 5.13. The van der Waals surface area contributed by atoms with Crippen LogP contribution >= 0.6 is 11.6 Å². The predicted molar refractivity (Wildman–Crippen MR) is 110 cm³/mol. The molecule has 0 unspecified atom stereocenters. The minimum Gasteiger partial charge on any atom is -0.361 e. The number of carbonyl (C=O) groups excluding carboxylic acids is 1. The second-order valence-electron chi connectivity index (χ2n) is 6.69. The molecule has 0 saturated carbocycles. The van der Waals surface area contributed by atoms with Crippen LogP contribution in [0.5, 0.6) is 0 Å². The van der Waals surface area contributed by atoms with Crippen LogP contribution in [-0.4, -0.2) is 10.9 Å². The fourth-order valence-corrected chi connectivity index (χ4v) is 3.40. The smallest absolute Gasteiger partial charge is 0.251 e. The van der Waals surface area contributed by atoms with Gasteiger partial charge in [-0.25, -0.2) is 4.39 Å². The van der Waals surface area contributed by atoms with E-state index in [2.05, 4.69) is 10.3 Å². The Labute approximate surface area is 167 Å². The number of hydrogen-bond donors (Lipinski definition) is 2. The molecular formula is C23H18ClFN2O. The van der Waals surface area contributed by atoms with Crippen molar-refractivity contribution in [2.45, 2.75) is 13.0 Å². The van der Waals surface area contributed by atoms with Crippen molar-refractivity contribution in [1.82, 2.24) is 10.3 Å². The average Bonchev–Trinajstić information content (AvgIpc) is 3.09. The number of fused-ring (bicyclic) bond motifs is 1. The van der Waals surface area contributed by atoms with E-state index in [4.69, 9.17) is 11.6 Å². The highest BCUT2D eigenvalue weighted by Gasteiger charge is 2.09. The number of amides is 1. The number of carbonyl (C=O) groups is 1. The van der Waals surface area contributed by atoms with Gasteiger partial charge in [-0.2, -0.15) is 0 Å². The normalized spacial score (nSPS) is 10.9. The van der Waals surface area contributed by atoms with Crippen molar-refractivity contribution in [1.29, 1.82) is 0 Å². The van der Waals surface area contributed by atoms with E-state index < -0.39 is 0 Å². The van der Waals surface area contributed by atoms with Crippen LogP contribution in [0.2, 0.25) is 5.02 Å². The molecule has 0 aliphatic heterocycles. The number of aromatic amines is 1. The molecule has 4 aromatic rings. The first-order valence-electron chi connectivity index (χ1n) is 8.95. The van der Waals surface area contributed by atoms with Gasteiger partial charge >= 0.3 is 0 Å². The third-order valence-electron chi connectivity index (χ3n) is 4.68. The molecule has 0 saturated heterocycles. The maximum absolute atomic E-state index is 13.3. The van der Waals surface area contributed by atoms with Crippen molar-refractivity contribution in [3.05, 3.63) is 106 Å². The summed E-state index contributed by atoms with van der Waals surface area (Å²) in [5.41, 5.74) is 4.47. The van der Waals surface area contributed by atoms with E-state index in [-0.39, 0.29) is 11.7 Å². The second-order valence-corrected chi connectivity index (χ2v) is 7.13. The van der Waals surface area contributed by atoms with Crippen LogP contribution in [0.15, 0.2) is 72.9 Å². The van der Waals surface area contributed by atoms with Gasteiger partial charge < -0.3 is 10.3 Å². The van der Waals surface area contributed by atoms with Gasteiger partial charge in [0.05, 0.1) is 0 Å². The molecule has 0 aliphatic carbocycles. The molecule has 4 rings (SSSR count). The lowest BCUT2D eigenvalue weighted by Gasteiger charge is -2.07. The van der Waals surface area contributed by atoms with Crippen LogP contribution in [0.1, 0.15) is 27.0 Å². The lowest BCUT2D eigenvalue weighted by molar-refractivity contribution is 0.0951. The highest BCUT2D eigenvalue weighted by Crippen LogP contribution is 2.22. The Balaban J connectivity index is 1.41. The topological polar surface area (TPSA) is 44.9 Å². The third kappa shape index (κ3) is 4.07. The fourth-order valence-electron chi connectivity index (χ4n) is 3.23. The molecular weight excluding hydrogens is 375 g/mol. The van der Waals surface area contributed by atoms with Crippen LogP contribution in [0.4, 0.5) is 4.39 Å². The Morgan fingerprint density at radius 1 is 1.00 bits per heavy atom. The summed E-state index contributed by atoms with van der Waals surface area (Å²) in [6, 6.07) is 19.5. The third-order valence-corrected chi connectivity index (χ3v) is 4.92. The molecule has 0 radical (unpaired) electrons. The molecule has 2 N–H and O–H groups in total. The van der Waals surface area contributed by atoms with Crippen LogP contribution in [-0.2, 0) is 13.0 Å². The van der Waals surface area contributed by atoms with Crippen LogP contribution < -0.4 is 5.32 Å². The summed E-state index contributed by atoms with van der Waals surface area (Å²) in [6.07, 6.45) is 2.50. The largest absolute Gasteiger partial charge is 0.361 e. The Morgan fingerprint density at radius 3 is 2.61 bits per heavy atom.